The molecule has 2 aliphatic heterocycles. The molecule has 1 amide bonds. The topological polar surface area (TPSA) is 75.0 Å². The Morgan fingerprint density at radius 1 is 0.917 bits per heavy atom. The Kier molecular flexibility index (Phi) is 6.73. The van der Waals surface area contributed by atoms with E-state index in [1.165, 1.54) is 11.8 Å². The molecule has 3 aromatic rings. The number of fused-ring (bicyclic) bond motifs is 1. The second-order valence-electron chi connectivity index (χ2n) is 8.42. The largest absolute Gasteiger partial charge is 0.490 e. The van der Waals surface area contributed by atoms with Crippen LogP contribution < -0.4 is 9.47 Å². The molecule has 2 heterocycles. The van der Waals surface area contributed by atoms with E-state index in [9.17, 15) is 4.79 Å². The number of ether oxygens (including phenoxy) is 2. The summed E-state index contributed by atoms with van der Waals surface area (Å²) in [7, 11) is 0. The molecule has 0 saturated heterocycles. The van der Waals surface area contributed by atoms with Crippen molar-refractivity contribution in [3.63, 3.8) is 0 Å². The van der Waals surface area contributed by atoms with Gasteiger partial charge in [-0.3, -0.25) is 15.1 Å². The first-order valence-electron chi connectivity index (χ1n) is 11.6. The van der Waals surface area contributed by atoms with E-state index in [1.54, 1.807) is 11.0 Å². The van der Waals surface area contributed by atoms with Crippen molar-refractivity contribution >= 4 is 40.4 Å². The molecule has 3 aromatic carbocycles. The van der Waals surface area contributed by atoms with Crippen LogP contribution in [0.1, 0.15) is 22.3 Å². The number of thioether (sulfide) groups is 1. The highest BCUT2D eigenvalue weighted by atomic mass is 32.2. The standard InChI is InChI=1S/C29H25N3O3S/c1-19-7-6-8-20(2)26(19)35-16-15-34-23-13-11-21(12-14-23)17-24-27(30)32-25(22-9-4-3-5-10-22)18-36-29(32)31-28(24)33/h3-14,17-18,30H,15-16H2,1-2H3. The Morgan fingerprint density at radius 2 is 1.61 bits per heavy atom. The summed E-state index contributed by atoms with van der Waals surface area (Å²) in [5, 5.41) is 11.2. The van der Waals surface area contributed by atoms with Crippen molar-refractivity contribution in [3.8, 4) is 11.5 Å². The molecule has 0 aliphatic carbocycles. The molecular weight excluding hydrogens is 470 g/mol. The summed E-state index contributed by atoms with van der Waals surface area (Å²) >= 11 is 1.35. The summed E-state index contributed by atoms with van der Waals surface area (Å²) in [4.78, 5) is 18.6. The van der Waals surface area contributed by atoms with Crippen LogP contribution in [0.3, 0.4) is 0 Å². The number of aryl methyl sites for hydroxylation is 2. The SMILES string of the molecule is Cc1cccc(C)c1OCCOc1ccc(C=C2C(=N)N3C(c4ccccc4)=CSC3=NC2=O)cc1. The quantitative estimate of drug-likeness (QED) is 0.318. The molecular formula is C29H25N3O3S. The molecule has 180 valence electrons. The minimum Gasteiger partial charge on any atom is -0.490 e. The number of nitrogens with zero attached hydrogens (tertiary/aromatic N) is 2. The molecule has 0 atom stereocenters. The predicted molar refractivity (Wildman–Crippen MR) is 145 cm³/mol. The number of hydrogen-bond donors (Lipinski definition) is 1. The first kappa shape index (κ1) is 23.6. The van der Waals surface area contributed by atoms with E-state index >= 15 is 0 Å². The number of nitrogens with one attached hydrogen (secondary N) is 1. The number of amidine groups is 2. The third kappa shape index (κ3) is 4.83. The number of aliphatic imine (C=N–C) groups is 1. The van der Waals surface area contributed by atoms with E-state index in [4.69, 9.17) is 14.9 Å². The molecule has 0 unspecified atom stereocenters. The normalized spacial score (nSPS) is 16.1. The zero-order chi connectivity index (χ0) is 25.1. The van der Waals surface area contributed by atoms with E-state index in [2.05, 4.69) is 4.99 Å². The Labute approximate surface area is 214 Å². The van der Waals surface area contributed by atoms with Crippen LogP contribution in [0.2, 0.25) is 0 Å². The van der Waals surface area contributed by atoms with Gasteiger partial charge in [0.2, 0.25) is 0 Å². The maximum Gasteiger partial charge on any atom is 0.283 e. The smallest absolute Gasteiger partial charge is 0.283 e. The van der Waals surface area contributed by atoms with Gasteiger partial charge in [-0.1, -0.05) is 72.4 Å². The van der Waals surface area contributed by atoms with Gasteiger partial charge >= 0.3 is 0 Å². The van der Waals surface area contributed by atoms with E-state index in [0.29, 0.717) is 24.1 Å². The molecule has 0 bridgehead atoms. The number of hydrogen-bond acceptors (Lipinski definition) is 5. The molecule has 0 saturated carbocycles. The van der Waals surface area contributed by atoms with Crippen LogP contribution in [0.4, 0.5) is 0 Å². The van der Waals surface area contributed by atoms with Gasteiger partial charge < -0.3 is 9.47 Å². The summed E-state index contributed by atoms with van der Waals surface area (Å²) in [5.41, 5.74) is 5.05. The molecule has 7 heteroatoms. The molecule has 0 radical (unpaired) electrons. The van der Waals surface area contributed by atoms with Crippen LogP contribution in [0.5, 0.6) is 11.5 Å². The zero-order valence-electron chi connectivity index (χ0n) is 20.0. The molecule has 0 fully saturated rings. The van der Waals surface area contributed by atoms with Gasteiger partial charge in [-0.05, 0) is 54.3 Å². The lowest BCUT2D eigenvalue weighted by molar-refractivity contribution is -0.114. The van der Waals surface area contributed by atoms with Crippen LogP contribution in [0.25, 0.3) is 11.8 Å². The first-order valence-corrected chi connectivity index (χ1v) is 12.5. The number of rotatable bonds is 7. The molecule has 5 rings (SSSR count). The van der Waals surface area contributed by atoms with E-state index < -0.39 is 5.91 Å². The summed E-state index contributed by atoms with van der Waals surface area (Å²) in [5.74, 6) is 1.31. The van der Waals surface area contributed by atoms with Crippen LogP contribution in [-0.4, -0.2) is 35.0 Å². The Morgan fingerprint density at radius 3 is 2.33 bits per heavy atom. The lowest BCUT2D eigenvalue weighted by Gasteiger charge is -2.26. The Bertz CT molecular complexity index is 1390. The summed E-state index contributed by atoms with van der Waals surface area (Å²) in [6.45, 7) is 4.91. The lowest BCUT2D eigenvalue weighted by atomic mass is 10.1. The van der Waals surface area contributed by atoms with Gasteiger partial charge in [0.05, 0.1) is 11.3 Å². The third-order valence-electron chi connectivity index (χ3n) is 5.88. The summed E-state index contributed by atoms with van der Waals surface area (Å²) < 4.78 is 11.7. The zero-order valence-corrected chi connectivity index (χ0v) is 20.8. The van der Waals surface area contributed by atoms with E-state index in [0.717, 1.165) is 33.7 Å². The van der Waals surface area contributed by atoms with Crippen LogP contribution >= 0.6 is 11.8 Å². The fourth-order valence-corrected chi connectivity index (χ4v) is 4.96. The molecule has 2 aliphatic rings. The van der Waals surface area contributed by atoms with Crippen molar-refractivity contribution in [3.05, 3.63) is 106 Å². The average molecular weight is 496 g/mol. The van der Waals surface area contributed by atoms with Crippen molar-refractivity contribution in [2.24, 2.45) is 4.99 Å². The number of benzene rings is 3. The maximum absolute atomic E-state index is 12.7. The van der Waals surface area contributed by atoms with Gasteiger partial charge in [-0.25, -0.2) is 0 Å². The number of amides is 1. The second kappa shape index (κ2) is 10.3. The van der Waals surface area contributed by atoms with Crippen LogP contribution in [0.15, 0.2) is 88.8 Å². The van der Waals surface area contributed by atoms with Crippen molar-refractivity contribution in [1.29, 1.82) is 5.41 Å². The highest BCUT2D eigenvalue weighted by molar-refractivity contribution is 8.17. The average Bonchev–Trinajstić information content (AvgIpc) is 3.31. The van der Waals surface area contributed by atoms with Crippen molar-refractivity contribution < 1.29 is 14.3 Å². The molecule has 0 aromatic heterocycles. The lowest BCUT2D eigenvalue weighted by Crippen LogP contribution is -2.38. The highest BCUT2D eigenvalue weighted by Gasteiger charge is 2.36. The van der Waals surface area contributed by atoms with Crippen molar-refractivity contribution in [2.45, 2.75) is 13.8 Å². The van der Waals surface area contributed by atoms with Gasteiger partial charge in [-0.2, -0.15) is 4.99 Å². The molecule has 0 spiro atoms. The summed E-state index contributed by atoms with van der Waals surface area (Å²) in [6, 6.07) is 23.3. The fourth-order valence-electron chi connectivity index (χ4n) is 4.07. The van der Waals surface area contributed by atoms with E-state index in [1.807, 2.05) is 92.1 Å². The van der Waals surface area contributed by atoms with Gasteiger partial charge in [0.1, 0.15) is 30.5 Å². The van der Waals surface area contributed by atoms with Crippen molar-refractivity contribution in [2.75, 3.05) is 13.2 Å². The maximum atomic E-state index is 12.7. The van der Waals surface area contributed by atoms with Gasteiger partial charge in [-0.15, -0.1) is 0 Å². The second-order valence-corrected chi connectivity index (χ2v) is 9.25. The number of carbonyl (C=O) groups excluding carboxylic acids is 1. The van der Waals surface area contributed by atoms with Crippen LogP contribution in [-0.2, 0) is 4.79 Å². The Hall–Kier alpha value is -4.10. The first-order chi connectivity index (χ1) is 17.5. The van der Waals surface area contributed by atoms with Gasteiger partial charge in [0.25, 0.3) is 5.91 Å². The monoisotopic (exact) mass is 495 g/mol. The summed E-state index contributed by atoms with van der Waals surface area (Å²) in [6.07, 6.45) is 1.70. The predicted octanol–water partition coefficient (Wildman–Crippen LogP) is 6.07. The van der Waals surface area contributed by atoms with Crippen molar-refractivity contribution in [1.82, 2.24) is 4.90 Å². The van der Waals surface area contributed by atoms with Gasteiger partial charge in [0, 0.05) is 5.41 Å². The fraction of sp³-hybridized carbons (Fsp3) is 0.138. The number of carbonyl (C=O) groups is 1. The third-order valence-corrected chi connectivity index (χ3v) is 6.71. The number of para-hydroxylation sites is 1. The molecule has 6 nitrogen and oxygen atoms in total. The minimum atomic E-state index is -0.412. The molecule has 1 N–H and O–H groups in total. The van der Waals surface area contributed by atoms with Crippen LogP contribution in [0, 0.1) is 19.3 Å². The Balaban J connectivity index is 1.24. The minimum absolute atomic E-state index is 0.120. The van der Waals surface area contributed by atoms with E-state index in [-0.39, 0.29) is 11.4 Å². The van der Waals surface area contributed by atoms with Gasteiger partial charge in [0.15, 0.2) is 5.17 Å². The molecule has 36 heavy (non-hydrogen) atoms. The highest BCUT2D eigenvalue weighted by Crippen LogP contribution is 2.37.